The second-order valence-electron chi connectivity index (χ2n) is 2.74. The first-order chi connectivity index (χ1) is 4.74. The summed E-state index contributed by atoms with van der Waals surface area (Å²) in [6, 6.07) is 0. The van der Waals surface area contributed by atoms with Crippen LogP contribution in [0.1, 0.15) is 6.42 Å². The molecule has 0 saturated carbocycles. The number of alkyl halides is 1. The molecule has 1 heterocycles. The van der Waals surface area contributed by atoms with Gasteiger partial charge in [-0.05, 0) is 13.5 Å². The van der Waals surface area contributed by atoms with E-state index < -0.39 is 12.3 Å². The van der Waals surface area contributed by atoms with Crippen LogP contribution in [-0.2, 0) is 4.84 Å². The van der Waals surface area contributed by atoms with Crippen LogP contribution in [0, 0.1) is 0 Å². The fraction of sp³-hybridized carbons (Fsp3) is 1.00. The van der Waals surface area contributed by atoms with Crippen LogP contribution in [0.4, 0.5) is 4.39 Å². The lowest BCUT2D eigenvalue weighted by molar-refractivity contribution is -0.0426. The van der Waals surface area contributed by atoms with E-state index in [9.17, 15) is 4.39 Å². The molecule has 0 amide bonds. The highest BCUT2D eigenvalue weighted by molar-refractivity contribution is 4.78. The minimum atomic E-state index is -0.927. The smallest absolute Gasteiger partial charge is 0.141 e. The largest absolute Gasteiger partial charge is 0.303 e. The molecule has 1 saturated heterocycles. The molecule has 1 rings (SSSR count). The highest BCUT2D eigenvalue weighted by atomic mass is 19.1. The monoisotopic (exact) mass is 148 g/mol. The van der Waals surface area contributed by atoms with Crippen LogP contribution in [-0.4, -0.2) is 37.3 Å². The average molecular weight is 148 g/mol. The Morgan fingerprint density at radius 1 is 1.70 bits per heavy atom. The molecule has 3 nitrogen and oxygen atoms in total. The van der Waals surface area contributed by atoms with Crippen molar-refractivity contribution >= 4 is 0 Å². The van der Waals surface area contributed by atoms with Crippen molar-refractivity contribution in [3.05, 3.63) is 0 Å². The van der Waals surface area contributed by atoms with Gasteiger partial charge in [0.25, 0.3) is 0 Å². The Morgan fingerprint density at radius 3 is 2.90 bits per heavy atom. The molecule has 0 aromatic carbocycles. The number of hydrogen-bond donors (Lipinski definition) is 1. The van der Waals surface area contributed by atoms with E-state index >= 15 is 0 Å². The summed E-state index contributed by atoms with van der Waals surface area (Å²) < 4.78 is 12.9. The maximum atomic E-state index is 12.9. The van der Waals surface area contributed by atoms with Crippen LogP contribution in [0.2, 0.25) is 0 Å². The van der Waals surface area contributed by atoms with Crippen LogP contribution in [0.5, 0.6) is 0 Å². The predicted octanol–water partition coefficient (Wildman–Crippen LogP) is -0.0811. The number of nitrogens with two attached hydrogens (primary N) is 1. The van der Waals surface area contributed by atoms with Crippen LogP contribution in [0.15, 0.2) is 0 Å². The highest BCUT2D eigenvalue weighted by Crippen LogP contribution is 2.13. The summed E-state index contributed by atoms with van der Waals surface area (Å²) >= 11 is 0. The van der Waals surface area contributed by atoms with Gasteiger partial charge < -0.3 is 4.90 Å². The van der Waals surface area contributed by atoms with Crippen molar-refractivity contribution < 1.29 is 9.23 Å². The molecule has 0 bridgehead atoms. The standard InChI is InChI=1S/C6H13FN2O/c1-9-3-2-6(10-8)5(7)4-9/h5-6H,2-4,8H2,1H3. The number of nitrogens with zero attached hydrogens (tertiary/aromatic N) is 1. The van der Waals surface area contributed by atoms with Gasteiger partial charge in [-0.1, -0.05) is 0 Å². The van der Waals surface area contributed by atoms with E-state index in [2.05, 4.69) is 4.84 Å². The summed E-state index contributed by atoms with van der Waals surface area (Å²) in [5.74, 6) is 4.88. The fourth-order valence-corrected chi connectivity index (χ4v) is 1.19. The third-order valence-corrected chi connectivity index (χ3v) is 1.86. The molecule has 60 valence electrons. The Bertz CT molecular complexity index is 112. The van der Waals surface area contributed by atoms with Gasteiger partial charge in [-0.3, -0.25) is 4.84 Å². The number of piperidine rings is 1. The van der Waals surface area contributed by atoms with E-state index in [0.29, 0.717) is 13.0 Å². The Labute approximate surface area is 59.9 Å². The molecule has 2 N–H and O–H groups in total. The van der Waals surface area contributed by atoms with Gasteiger partial charge >= 0.3 is 0 Å². The number of rotatable bonds is 1. The second kappa shape index (κ2) is 3.27. The van der Waals surface area contributed by atoms with Crippen molar-refractivity contribution in [2.24, 2.45) is 5.90 Å². The van der Waals surface area contributed by atoms with E-state index in [1.807, 2.05) is 11.9 Å². The van der Waals surface area contributed by atoms with E-state index in [0.717, 1.165) is 6.54 Å². The summed E-state index contributed by atoms with van der Waals surface area (Å²) in [7, 11) is 1.89. The zero-order chi connectivity index (χ0) is 7.56. The number of hydrogen-bond acceptors (Lipinski definition) is 3. The van der Waals surface area contributed by atoms with Gasteiger partial charge in [-0.15, -0.1) is 0 Å². The summed E-state index contributed by atoms with van der Waals surface area (Å²) in [5, 5.41) is 0. The van der Waals surface area contributed by atoms with Gasteiger partial charge in [0, 0.05) is 13.1 Å². The first-order valence-electron chi connectivity index (χ1n) is 3.42. The molecule has 0 aromatic rings. The molecule has 0 spiro atoms. The molecule has 1 aliphatic heterocycles. The molecule has 10 heavy (non-hydrogen) atoms. The van der Waals surface area contributed by atoms with E-state index in [-0.39, 0.29) is 0 Å². The molecule has 1 aliphatic rings. The van der Waals surface area contributed by atoms with Crippen LogP contribution in [0.25, 0.3) is 0 Å². The lowest BCUT2D eigenvalue weighted by Crippen LogP contribution is -2.44. The van der Waals surface area contributed by atoms with Gasteiger partial charge in [0.2, 0.25) is 0 Å². The predicted molar refractivity (Wildman–Crippen MR) is 36.1 cm³/mol. The van der Waals surface area contributed by atoms with Gasteiger partial charge in [-0.2, -0.15) is 0 Å². The van der Waals surface area contributed by atoms with Crippen molar-refractivity contribution in [2.45, 2.75) is 18.7 Å². The Hall–Kier alpha value is -0.190. The quantitative estimate of drug-likeness (QED) is 0.528. The summed E-state index contributed by atoms with van der Waals surface area (Å²) in [4.78, 5) is 6.38. The molecule has 2 unspecified atom stereocenters. The normalized spacial score (nSPS) is 36.3. The lowest BCUT2D eigenvalue weighted by Gasteiger charge is -2.30. The van der Waals surface area contributed by atoms with Crippen molar-refractivity contribution in [3.63, 3.8) is 0 Å². The van der Waals surface area contributed by atoms with Crippen molar-refractivity contribution in [1.82, 2.24) is 4.90 Å². The van der Waals surface area contributed by atoms with Crippen LogP contribution >= 0.6 is 0 Å². The maximum Gasteiger partial charge on any atom is 0.141 e. The van der Waals surface area contributed by atoms with Gasteiger partial charge in [0.05, 0.1) is 0 Å². The molecule has 1 fully saturated rings. The second-order valence-corrected chi connectivity index (χ2v) is 2.74. The number of likely N-dealkylation sites (tertiary alicyclic amines) is 1. The molecule has 4 heteroatoms. The SMILES string of the molecule is CN1CCC(ON)C(F)C1. The first kappa shape index (κ1) is 7.91. The van der Waals surface area contributed by atoms with Crippen LogP contribution < -0.4 is 5.90 Å². The third kappa shape index (κ3) is 1.65. The van der Waals surface area contributed by atoms with E-state index in [4.69, 9.17) is 5.90 Å². The fourth-order valence-electron chi connectivity index (χ4n) is 1.19. The number of halogens is 1. The minimum Gasteiger partial charge on any atom is -0.303 e. The van der Waals surface area contributed by atoms with Gasteiger partial charge in [-0.25, -0.2) is 10.3 Å². The molecular formula is C6H13FN2O. The Morgan fingerprint density at radius 2 is 2.40 bits per heavy atom. The zero-order valence-electron chi connectivity index (χ0n) is 6.09. The topological polar surface area (TPSA) is 38.5 Å². The van der Waals surface area contributed by atoms with Gasteiger partial charge in [0.15, 0.2) is 0 Å². The van der Waals surface area contributed by atoms with E-state index in [1.54, 1.807) is 0 Å². The van der Waals surface area contributed by atoms with Gasteiger partial charge in [0.1, 0.15) is 12.3 Å². The molecule has 0 aromatic heterocycles. The maximum absolute atomic E-state index is 12.9. The third-order valence-electron chi connectivity index (χ3n) is 1.86. The molecule has 0 radical (unpaired) electrons. The van der Waals surface area contributed by atoms with Crippen molar-refractivity contribution in [1.29, 1.82) is 0 Å². The summed E-state index contributed by atoms with van der Waals surface area (Å²) in [5.41, 5.74) is 0. The molecule has 2 atom stereocenters. The first-order valence-corrected chi connectivity index (χ1v) is 3.42. The Kier molecular flexibility index (Phi) is 2.59. The summed E-state index contributed by atoms with van der Waals surface area (Å²) in [6.07, 6.45) is -0.631. The van der Waals surface area contributed by atoms with Crippen molar-refractivity contribution in [3.8, 4) is 0 Å². The van der Waals surface area contributed by atoms with Crippen molar-refractivity contribution in [2.75, 3.05) is 20.1 Å². The molecular weight excluding hydrogens is 135 g/mol. The zero-order valence-corrected chi connectivity index (χ0v) is 6.09. The average Bonchev–Trinajstić information content (AvgIpc) is 1.88. The lowest BCUT2D eigenvalue weighted by atomic mass is 10.1. The van der Waals surface area contributed by atoms with Crippen LogP contribution in [0.3, 0.4) is 0 Å². The minimum absolute atomic E-state index is 0.392. The van der Waals surface area contributed by atoms with E-state index in [1.165, 1.54) is 0 Å². The summed E-state index contributed by atoms with van der Waals surface area (Å²) in [6.45, 7) is 1.30. The highest BCUT2D eigenvalue weighted by Gasteiger charge is 2.27. The Balaban J connectivity index is 2.36. The molecule has 0 aliphatic carbocycles.